The van der Waals surface area contributed by atoms with E-state index in [1.807, 2.05) is 14.1 Å². The van der Waals surface area contributed by atoms with Gasteiger partial charge in [-0.15, -0.1) is 0 Å². The number of rotatable bonds is 4. The summed E-state index contributed by atoms with van der Waals surface area (Å²) in [5, 5.41) is 3.91. The molecule has 0 aliphatic rings. The highest BCUT2D eigenvalue weighted by atomic mass is 35.5. The fourth-order valence-corrected chi connectivity index (χ4v) is 2.43. The van der Waals surface area contributed by atoms with Gasteiger partial charge in [-0.05, 0) is 17.7 Å². The van der Waals surface area contributed by atoms with Crippen molar-refractivity contribution in [3.8, 4) is 0 Å². The summed E-state index contributed by atoms with van der Waals surface area (Å²) in [4.78, 5) is 13.4. The lowest BCUT2D eigenvalue weighted by Gasteiger charge is -2.12. The van der Waals surface area contributed by atoms with E-state index in [1.54, 1.807) is 23.1 Å². The summed E-state index contributed by atoms with van der Waals surface area (Å²) in [6.45, 7) is 0.379. The van der Waals surface area contributed by atoms with Crippen LogP contribution in [0.25, 0.3) is 0 Å². The highest BCUT2D eigenvalue weighted by molar-refractivity contribution is 8.23. The molecule has 1 aromatic rings. The molecule has 0 radical (unpaired) electrons. The zero-order chi connectivity index (χ0) is 14.4. The van der Waals surface area contributed by atoms with Crippen LogP contribution in [0.4, 0.5) is 0 Å². The number of hydrogen-bond acceptors (Lipinski definition) is 3. The van der Waals surface area contributed by atoms with E-state index in [0.717, 1.165) is 5.56 Å². The molecule has 0 spiro atoms. The minimum absolute atomic E-state index is 0.0831. The molecule has 1 rings (SSSR count). The molecule has 0 atom stereocenters. The van der Waals surface area contributed by atoms with Crippen LogP contribution >= 0.6 is 47.2 Å². The maximum Gasteiger partial charge on any atom is 0.230 e. The van der Waals surface area contributed by atoms with Gasteiger partial charge in [0.05, 0.1) is 5.75 Å². The summed E-state index contributed by atoms with van der Waals surface area (Å²) in [6, 6.07) is 5.19. The number of hydrogen-bond donors (Lipinski definition) is 1. The lowest BCUT2D eigenvalue weighted by atomic mass is 10.2. The zero-order valence-corrected chi connectivity index (χ0v) is 13.7. The first-order chi connectivity index (χ1) is 8.90. The van der Waals surface area contributed by atoms with Crippen molar-refractivity contribution in [2.75, 3.05) is 19.8 Å². The Balaban J connectivity index is 2.40. The number of nitrogens with one attached hydrogen (secondary N) is 1. The Hall–Kier alpha value is -0.490. The van der Waals surface area contributed by atoms with E-state index in [-0.39, 0.29) is 5.91 Å². The van der Waals surface area contributed by atoms with Crippen molar-refractivity contribution in [1.82, 2.24) is 10.2 Å². The number of benzene rings is 1. The molecule has 0 aromatic heterocycles. The average molecular weight is 337 g/mol. The Bertz CT molecular complexity index is 481. The highest BCUT2D eigenvalue weighted by Gasteiger charge is 2.07. The van der Waals surface area contributed by atoms with Crippen LogP contribution in [0.5, 0.6) is 0 Å². The molecule has 19 heavy (non-hydrogen) atoms. The summed E-state index contributed by atoms with van der Waals surface area (Å²) in [7, 11) is 3.70. The normalized spacial score (nSPS) is 10.1. The van der Waals surface area contributed by atoms with Crippen molar-refractivity contribution >= 4 is 57.4 Å². The molecule has 1 N–H and O–H groups in total. The third-order valence-electron chi connectivity index (χ3n) is 2.18. The van der Waals surface area contributed by atoms with Crippen molar-refractivity contribution < 1.29 is 4.79 Å². The second-order valence-corrected chi connectivity index (χ2v) is 6.41. The monoisotopic (exact) mass is 336 g/mol. The lowest BCUT2D eigenvalue weighted by Crippen LogP contribution is -2.26. The van der Waals surface area contributed by atoms with Gasteiger partial charge < -0.3 is 10.2 Å². The zero-order valence-electron chi connectivity index (χ0n) is 10.6. The highest BCUT2D eigenvalue weighted by Crippen LogP contribution is 2.20. The first-order valence-electron chi connectivity index (χ1n) is 5.45. The molecule has 104 valence electrons. The second kappa shape index (κ2) is 7.94. The number of carbonyl (C=O) groups is 1. The van der Waals surface area contributed by atoms with Gasteiger partial charge >= 0.3 is 0 Å². The fourth-order valence-electron chi connectivity index (χ4n) is 1.17. The predicted molar refractivity (Wildman–Crippen MR) is 87.1 cm³/mol. The number of nitrogens with zero attached hydrogens (tertiary/aromatic N) is 1. The van der Waals surface area contributed by atoms with E-state index in [2.05, 4.69) is 5.32 Å². The maximum absolute atomic E-state index is 11.6. The lowest BCUT2D eigenvalue weighted by molar-refractivity contribution is -0.118. The Morgan fingerprint density at radius 1 is 1.42 bits per heavy atom. The average Bonchev–Trinajstić information content (AvgIpc) is 2.34. The third kappa shape index (κ3) is 5.99. The van der Waals surface area contributed by atoms with E-state index in [0.29, 0.717) is 26.7 Å². The second-order valence-electron chi connectivity index (χ2n) is 3.96. The summed E-state index contributed by atoms with van der Waals surface area (Å²) < 4.78 is 0.680. The standard InChI is InChI=1S/C12H14Cl2N2OS2/c1-16(2)12(18)19-7-11(17)15-6-8-3-4-9(13)5-10(8)14/h3-5H,6-7H2,1-2H3,(H,15,17). The number of thioether (sulfide) groups is 1. The van der Waals surface area contributed by atoms with Gasteiger partial charge in [0, 0.05) is 30.7 Å². The Morgan fingerprint density at radius 3 is 2.68 bits per heavy atom. The molecule has 0 fully saturated rings. The Kier molecular flexibility index (Phi) is 6.93. The van der Waals surface area contributed by atoms with Gasteiger partial charge in [0.2, 0.25) is 5.91 Å². The topological polar surface area (TPSA) is 32.3 Å². The van der Waals surface area contributed by atoms with Crippen molar-refractivity contribution in [3.05, 3.63) is 33.8 Å². The van der Waals surface area contributed by atoms with Gasteiger partial charge in [0.1, 0.15) is 4.32 Å². The molecule has 1 aromatic carbocycles. The van der Waals surface area contributed by atoms with Gasteiger partial charge in [-0.25, -0.2) is 0 Å². The van der Waals surface area contributed by atoms with E-state index < -0.39 is 0 Å². The molecule has 0 saturated carbocycles. The summed E-state index contributed by atoms with van der Waals surface area (Å²) in [5.41, 5.74) is 0.833. The van der Waals surface area contributed by atoms with Crippen LogP contribution in [0.1, 0.15) is 5.56 Å². The molecule has 0 aliphatic carbocycles. The van der Waals surface area contributed by atoms with Gasteiger partial charge in [0.15, 0.2) is 0 Å². The minimum atomic E-state index is -0.0831. The van der Waals surface area contributed by atoms with Gasteiger partial charge in [0.25, 0.3) is 0 Å². The molecule has 7 heteroatoms. The van der Waals surface area contributed by atoms with Crippen LogP contribution in [-0.4, -0.2) is 35.0 Å². The van der Waals surface area contributed by atoms with Crippen LogP contribution in [-0.2, 0) is 11.3 Å². The Morgan fingerprint density at radius 2 is 2.11 bits per heavy atom. The first kappa shape index (κ1) is 16.6. The largest absolute Gasteiger partial charge is 0.364 e. The Labute approximate surface area is 132 Å². The molecule has 0 aliphatic heterocycles. The number of halogens is 2. The van der Waals surface area contributed by atoms with E-state index in [1.165, 1.54) is 11.8 Å². The minimum Gasteiger partial charge on any atom is -0.364 e. The molecule has 1 amide bonds. The van der Waals surface area contributed by atoms with Crippen molar-refractivity contribution in [2.45, 2.75) is 6.54 Å². The molecular formula is C12H14Cl2N2OS2. The maximum atomic E-state index is 11.6. The fraction of sp³-hybridized carbons (Fsp3) is 0.333. The van der Waals surface area contributed by atoms with E-state index in [9.17, 15) is 4.79 Å². The van der Waals surface area contributed by atoms with Gasteiger partial charge in [-0.3, -0.25) is 4.79 Å². The number of amides is 1. The number of carbonyl (C=O) groups excluding carboxylic acids is 1. The van der Waals surface area contributed by atoms with E-state index >= 15 is 0 Å². The van der Waals surface area contributed by atoms with Crippen molar-refractivity contribution in [2.24, 2.45) is 0 Å². The van der Waals surface area contributed by atoms with Crippen LogP contribution in [0.2, 0.25) is 10.0 Å². The molecule has 0 saturated heterocycles. The van der Waals surface area contributed by atoms with Gasteiger partial charge in [-0.1, -0.05) is 53.2 Å². The molecule has 0 unspecified atom stereocenters. The van der Waals surface area contributed by atoms with Gasteiger partial charge in [-0.2, -0.15) is 0 Å². The van der Waals surface area contributed by atoms with Crippen molar-refractivity contribution in [3.63, 3.8) is 0 Å². The quantitative estimate of drug-likeness (QED) is 0.856. The van der Waals surface area contributed by atoms with Crippen LogP contribution < -0.4 is 5.32 Å². The summed E-state index contributed by atoms with van der Waals surface area (Å²) in [6.07, 6.45) is 0. The van der Waals surface area contributed by atoms with Crippen LogP contribution in [0.3, 0.4) is 0 Å². The summed E-state index contributed by atoms with van der Waals surface area (Å²) >= 11 is 18.2. The van der Waals surface area contributed by atoms with Crippen molar-refractivity contribution in [1.29, 1.82) is 0 Å². The number of thiocarbonyl (C=S) groups is 1. The predicted octanol–water partition coefficient (Wildman–Crippen LogP) is 3.19. The van der Waals surface area contributed by atoms with Crippen LogP contribution in [0.15, 0.2) is 18.2 Å². The first-order valence-corrected chi connectivity index (χ1v) is 7.60. The SMILES string of the molecule is CN(C)C(=S)SCC(=O)NCc1ccc(Cl)cc1Cl. The van der Waals surface area contributed by atoms with E-state index in [4.69, 9.17) is 35.4 Å². The smallest absolute Gasteiger partial charge is 0.230 e. The van der Waals surface area contributed by atoms with Crippen LogP contribution in [0, 0.1) is 0 Å². The summed E-state index contributed by atoms with van der Waals surface area (Å²) in [5.74, 6) is 0.211. The third-order valence-corrected chi connectivity index (χ3v) is 4.51. The molecule has 0 heterocycles. The molecule has 3 nitrogen and oxygen atoms in total. The molecule has 0 bridgehead atoms. The molecular weight excluding hydrogens is 323 g/mol.